The lowest BCUT2D eigenvalue weighted by molar-refractivity contribution is -0.0459. The molecule has 0 unspecified atom stereocenters. The van der Waals surface area contributed by atoms with Gasteiger partial charge in [0.05, 0.1) is 5.69 Å². The second-order valence-corrected chi connectivity index (χ2v) is 10.7. The molecule has 9 heteroatoms. The fraction of sp³-hybridized carbons (Fsp3) is 0.680. The lowest BCUT2D eigenvalue weighted by atomic mass is 9.83. The van der Waals surface area contributed by atoms with Crippen LogP contribution in [0.25, 0.3) is 5.65 Å². The van der Waals surface area contributed by atoms with E-state index in [1.807, 2.05) is 11.3 Å². The first-order chi connectivity index (χ1) is 15.7. The molecule has 2 saturated carbocycles. The lowest BCUT2D eigenvalue weighted by Gasteiger charge is -2.29. The molecule has 0 saturated heterocycles. The van der Waals surface area contributed by atoms with Gasteiger partial charge in [0, 0.05) is 48.7 Å². The topological polar surface area (TPSA) is 66.6 Å². The van der Waals surface area contributed by atoms with Crippen molar-refractivity contribution in [1.29, 1.82) is 0 Å². The van der Waals surface area contributed by atoms with Crippen molar-refractivity contribution in [2.75, 3.05) is 0 Å². The number of amides is 1. The Labute approximate surface area is 196 Å². The van der Waals surface area contributed by atoms with Gasteiger partial charge in [-0.05, 0) is 70.9 Å². The van der Waals surface area contributed by atoms with Crippen LogP contribution in [0.1, 0.15) is 92.7 Å². The second-order valence-electron chi connectivity index (χ2n) is 10.7. The number of alkyl halides is 4. The number of halogens is 4. The van der Waals surface area contributed by atoms with Crippen LogP contribution < -0.4 is 5.32 Å². The summed E-state index contributed by atoms with van der Waals surface area (Å²) in [6, 6.07) is 3.05. The molecule has 2 aliphatic rings. The number of aryl methyl sites for hydroxylation is 1. The number of hydrogen-bond acceptors (Lipinski definition) is 3. The zero-order chi connectivity index (χ0) is 24.9. The van der Waals surface area contributed by atoms with E-state index in [-0.39, 0.29) is 56.4 Å². The van der Waals surface area contributed by atoms with Crippen LogP contribution in [0, 0.1) is 12.8 Å². The van der Waals surface area contributed by atoms with E-state index >= 15 is 0 Å². The molecule has 0 radical (unpaired) electrons. The van der Waals surface area contributed by atoms with Crippen molar-refractivity contribution in [2.24, 2.45) is 5.92 Å². The summed E-state index contributed by atoms with van der Waals surface area (Å²) in [6.45, 7) is 5.10. The maximum Gasteiger partial charge on any atom is 0.251 e. The summed E-state index contributed by atoms with van der Waals surface area (Å²) >= 11 is 0. The van der Waals surface area contributed by atoms with Gasteiger partial charge >= 0.3 is 0 Å². The highest BCUT2D eigenvalue weighted by Crippen LogP contribution is 2.39. The minimum absolute atomic E-state index is 0.0624. The highest BCUT2D eigenvalue weighted by atomic mass is 19.3. The van der Waals surface area contributed by atoms with Gasteiger partial charge in [-0.15, -0.1) is 0 Å². The molecule has 188 valence electrons. The largest absolute Gasteiger partial charge is 0.384 e. The van der Waals surface area contributed by atoms with Gasteiger partial charge in [0.25, 0.3) is 5.91 Å². The van der Waals surface area contributed by atoms with E-state index in [0.29, 0.717) is 36.2 Å². The molecule has 5 nitrogen and oxygen atoms in total. The van der Waals surface area contributed by atoms with Crippen LogP contribution in [0.15, 0.2) is 12.1 Å². The first-order valence-corrected chi connectivity index (χ1v) is 12.1. The number of aromatic nitrogens is 2. The highest BCUT2D eigenvalue weighted by molar-refractivity contribution is 5.95. The van der Waals surface area contributed by atoms with Gasteiger partial charge in [-0.2, -0.15) is 0 Å². The van der Waals surface area contributed by atoms with E-state index in [4.69, 9.17) is 0 Å². The van der Waals surface area contributed by atoms with E-state index in [9.17, 15) is 27.5 Å². The molecule has 0 aromatic carbocycles. The van der Waals surface area contributed by atoms with Crippen LogP contribution in [-0.4, -0.2) is 38.3 Å². The number of nitrogens with zero attached hydrogens (tertiary/aromatic N) is 2. The Balaban J connectivity index is 1.60. The molecule has 2 fully saturated rings. The molecule has 0 spiro atoms. The zero-order valence-electron chi connectivity index (χ0n) is 19.9. The second kappa shape index (κ2) is 8.81. The van der Waals surface area contributed by atoms with Crippen molar-refractivity contribution in [3.05, 3.63) is 34.8 Å². The molecule has 0 atom stereocenters. The van der Waals surface area contributed by atoms with Crippen molar-refractivity contribution in [3.8, 4) is 0 Å². The Bertz CT molecular complexity index is 1050. The van der Waals surface area contributed by atoms with Crippen molar-refractivity contribution in [2.45, 2.75) is 102 Å². The van der Waals surface area contributed by atoms with Gasteiger partial charge in [0.2, 0.25) is 11.8 Å². The summed E-state index contributed by atoms with van der Waals surface area (Å²) in [5, 5.41) is 13.6. The maximum atomic E-state index is 13.6. The number of imidazole rings is 1. The van der Waals surface area contributed by atoms with Crippen molar-refractivity contribution < 1.29 is 27.5 Å². The van der Waals surface area contributed by atoms with Crippen LogP contribution in [0.4, 0.5) is 17.6 Å². The monoisotopic (exact) mass is 483 g/mol. The van der Waals surface area contributed by atoms with Gasteiger partial charge in [-0.3, -0.25) is 4.79 Å². The number of fused-ring (bicyclic) bond motifs is 1. The number of carbonyl (C=O) groups is 1. The predicted octanol–water partition coefficient (Wildman–Crippen LogP) is 5.55. The van der Waals surface area contributed by atoms with Gasteiger partial charge in [0.1, 0.15) is 11.2 Å². The molecule has 2 aromatic rings. The van der Waals surface area contributed by atoms with Crippen LogP contribution in [0.3, 0.4) is 0 Å². The standard InChI is InChI=1S/C25H33F4N3O2/c1-15-12-17(22(33)30-18-6-10-25(28,29)11-7-18)14-20-31-21(23(2,3)34)19(32(15)20)13-16-4-8-24(26,27)9-5-16/h12,14,16,18,34H,4-11,13H2,1-3H3,(H,30,33). The number of nitrogens with one attached hydrogen (secondary N) is 1. The summed E-state index contributed by atoms with van der Waals surface area (Å²) < 4.78 is 56.0. The van der Waals surface area contributed by atoms with Crippen LogP contribution >= 0.6 is 0 Å². The van der Waals surface area contributed by atoms with E-state index < -0.39 is 17.4 Å². The zero-order valence-corrected chi connectivity index (χ0v) is 19.9. The van der Waals surface area contributed by atoms with E-state index in [1.54, 1.807) is 26.0 Å². The van der Waals surface area contributed by atoms with Crippen molar-refractivity contribution in [3.63, 3.8) is 0 Å². The molecule has 34 heavy (non-hydrogen) atoms. The number of aliphatic hydroxyl groups is 1. The summed E-state index contributed by atoms with van der Waals surface area (Å²) in [7, 11) is 0. The molecule has 2 heterocycles. The van der Waals surface area contributed by atoms with E-state index in [1.165, 1.54) is 0 Å². The SMILES string of the molecule is Cc1cc(C(=O)NC2CCC(F)(F)CC2)cc2nc(C(C)(C)O)c(CC3CCC(F)(F)CC3)n12. The van der Waals surface area contributed by atoms with Gasteiger partial charge in [0.15, 0.2) is 0 Å². The quantitative estimate of drug-likeness (QED) is 0.549. The van der Waals surface area contributed by atoms with Crippen LogP contribution in [-0.2, 0) is 12.0 Å². The molecule has 1 amide bonds. The highest BCUT2D eigenvalue weighted by Gasteiger charge is 2.37. The Morgan fingerprint density at radius 3 is 2.21 bits per heavy atom. The molecule has 4 rings (SSSR count). The first kappa shape index (κ1) is 24.9. The summed E-state index contributed by atoms with van der Waals surface area (Å²) in [6.07, 6.45) is 1.05. The number of rotatable bonds is 5. The van der Waals surface area contributed by atoms with Crippen LogP contribution in [0.5, 0.6) is 0 Å². The first-order valence-electron chi connectivity index (χ1n) is 12.1. The average Bonchev–Trinajstić information content (AvgIpc) is 3.10. The van der Waals surface area contributed by atoms with E-state index in [0.717, 1.165) is 11.4 Å². The van der Waals surface area contributed by atoms with Crippen LogP contribution in [0.2, 0.25) is 0 Å². The smallest absolute Gasteiger partial charge is 0.251 e. The molecule has 2 aromatic heterocycles. The Hall–Kier alpha value is -2.16. The molecular weight excluding hydrogens is 450 g/mol. The summed E-state index contributed by atoms with van der Waals surface area (Å²) in [5.74, 6) is -5.55. The third kappa shape index (κ3) is 5.39. The fourth-order valence-corrected chi connectivity index (χ4v) is 5.27. The number of carbonyl (C=O) groups excluding carboxylic acids is 1. The Kier molecular flexibility index (Phi) is 6.46. The van der Waals surface area contributed by atoms with Gasteiger partial charge in [-0.25, -0.2) is 22.5 Å². The Morgan fingerprint density at radius 2 is 1.65 bits per heavy atom. The minimum Gasteiger partial charge on any atom is -0.384 e. The molecule has 2 aliphatic carbocycles. The fourth-order valence-electron chi connectivity index (χ4n) is 5.27. The summed E-state index contributed by atoms with van der Waals surface area (Å²) in [5.41, 5.74) is 1.60. The Morgan fingerprint density at radius 1 is 1.09 bits per heavy atom. The molecule has 0 aliphatic heterocycles. The van der Waals surface area contributed by atoms with Gasteiger partial charge in [-0.1, -0.05) is 0 Å². The average molecular weight is 484 g/mol. The number of pyridine rings is 1. The van der Waals surface area contributed by atoms with Crippen molar-refractivity contribution >= 4 is 11.6 Å². The minimum atomic E-state index is -2.66. The predicted molar refractivity (Wildman–Crippen MR) is 120 cm³/mol. The molecule has 0 bridgehead atoms. The third-order valence-corrected chi connectivity index (χ3v) is 7.21. The lowest BCUT2D eigenvalue weighted by Crippen LogP contribution is -2.40. The summed E-state index contributed by atoms with van der Waals surface area (Å²) in [4.78, 5) is 17.5. The number of hydrogen-bond donors (Lipinski definition) is 2. The van der Waals surface area contributed by atoms with Gasteiger partial charge < -0.3 is 14.8 Å². The maximum absolute atomic E-state index is 13.6. The molecular formula is C25H33F4N3O2. The van der Waals surface area contributed by atoms with Crippen molar-refractivity contribution in [1.82, 2.24) is 14.7 Å². The third-order valence-electron chi connectivity index (χ3n) is 7.21. The normalized spacial score (nSPS) is 21.6. The molecule has 2 N–H and O–H groups in total. The van der Waals surface area contributed by atoms with E-state index in [2.05, 4.69) is 10.3 Å².